The predicted molar refractivity (Wildman–Crippen MR) is 75.1 cm³/mol. The van der Waals surface area contributed by atoms with Gasteiger partial charge in [0.1, 0.15) is 0 Å². The van der Waals surface area contributed by atoms with E-state index in [-0.39, 0.29) is 5.78 Å². The first-order valence-electron chi connectivity index (χ1n) is 5.48. The zero-order valence-electron chi connectivity index (χ0n) is 9.97. The molecule has 2 heterocycles. The van der Waals surface area contributed by atoms with Crippen molar-refractivity contribution in [2.24, 2.45) is 0 Å². The van der Waals surface area contributed by atoms with Crippen LogP contribution < -0.4 is 0 Å². The van der Waals surface area contributed by atoms with Crippen molar-refractivity contribution in [2.45, 2.75) is 6.42 Å². The maximum Gasteiger partial charge on any atom is 0.174 e. The number of hydrogen-bond acceptors (Lipinski definition) is 4. The van der Waals surface area contributed by atoms with Crippen molar-refractivity contribution in [3.8, 4) is 9.75 Å². The molecule has 2 nitrogen and oxygen atoms in total. The summed E-state index contributed by atoms with van der Waals surface area (Å²) < 4.78 is 0. The van der Waals surface area contributed by atoms with E-state index in [2.05, 4.69) is 11.4 Å². The minimum absolute atomic E-state index is 0.242. The molecule has 0 amide bonds. The molecule has 0 N–H and O–H groups in total. The molecule has 0 atom stereocenters. The third-order valence-corrected chi connectivity index (χ3v) is 4.62. The topological polar surface area (TPSA) is 20.3 Å². The predicted octanol–water partition coefficient (Wildman–Crippen LogP) is 3.61. The lowest BCUT2D eigenvalue weighted by molar-refractivity contribution is 0.0976. The first-order chi connectivity index (χ1) is 8.16. The molecule has 0 radical (unpaired) electrons. The van der Waals surface area contributed by atoms with E-state index in [4.69, 9.17) is 0 Å². The van der Waals surface area contributed by atoms with Crippen LogP contribution in [-0.4, -0.2) is 31.3 Å². The Morgan fingerprint density at radius 2 is 2.06 bits per heavy atom. The number of hydrogen-bond donors (Lipinski definition) is 0. The molecule has 0 aliphatic rings. The van der Waals surface area contributed by atoms with E-state index in [1.165, 1.54) is 9.75 Å². The fraction of sp³-hybridized carbons (Fsp3) is 0.308. The first-order valence-corrected chi connectivity index (χ1v) is 7.18. The highest BCUT2D eigenvalue weighted by atomic mass is 32.1. The molecule has 0 saturated heterocycles. The van der Waals surface area contributed by atoms with E-state index in [0.29, 0.717) is 6.42 Å². The molecule has 2 aromatic heterocycles. The summed E-state index contributed by atoms with van der Waals surface area (Å²) in [6.07, 6.45) is 0.595. The van der Waals surface area contributed by atoms with Crippen LogP contribution in [0.4, 0.5) is 0 Å². The van der Waals surface area contributed by atoms with Gasteiger partial charge in [-0.3, -0.25) is 4.79 Å². The summed E-state index contributed by atoms with van der Waals surface area (Å²) in [6.45, 7) is 0.811. The summed E-state index contributed by atoms with van der Waals surface area (Å²) >= 11 is 3.30. The summed E-state index contributed by atoms with van der Waals surface area (Å²) in [5, 5.41) is 2.06. The third-order valence-electron chi connectivity index (χ3n) is 2.43. The maximum absolute atomic E-state index is 11.9. The van der Waals surface area contributed by atoms with Crippen LogP contribution in [-0.2, 0) is 0 Å². The number of carbonyl (C=O) groups excluding carboxylic acids is 1. The van der Waals surface area contributed by atoms with Crippen molar-refractivity contribution >= 4 is 28.5 Å². The summed E-state index contributed by atoms with van der Waals surface area (Å²) in [7, 11) is 3.97. The molecule has 17 heavy (non-hydrogen) atoms. The number of ketones is 1. The van der Waals surface area contributed by atoms with E-state index in [9.17, 15) is 4.79 Å². The van der Waals surface area contributed by atoms with Gasteiger partial charge in [-0.2, -0.15) is 0 Å². The molecule has 0 fully saturated rings. The van der Waals surface area contributed by atoms with Crippen LogP contribution in [0.25, 0.3) is 9.75 Å². The van der Waals surface area contributed by atoms with Gasteiger partial charge in [0.2, 0.25) is 0 Å². The fourth-order valence-electron chi connectivity index (χ4n) is 1.49. The second-order valence-electron chi connectivity index (χ2n) is 4.12. The monoisotopic (exact) mass is 265 g/mol. The third kappa shape index (κ3) is 3.25. The first kappa shape index (κ1) is 12.5. The standard InChI is InChI=1S/C13H15NOS2/c1-14(2)8-7-10(15)11-5-6-13(17-11)12-4-3-9-16-12/h3-6,9H,7-8H2,1-2H3. The van der Waals surface area contributed by atoms with E-state index in [1.807, 2.05) is 37.2 Å². The summed E-state index contributed by atoms with van der Waals surface area (Å²) in [5.74, 6) is 0.242. The Labute approximate surface area is 110 Å². The SMILES string of the molecule is CN(C)CCC(=O)c1ccc(-c2cccs2)s1. The van der Waals surface area contributed by atoms with Crippen LogP contribution in [0.1, 0.15) is 16.1 Å². The zero-order valence-corrected chi connectivity index (χ0v) is 11.6. The van der Waals surface area contributed by atoms with Crippen molar-refractivity contribution in [3.63, 3.8) is 0 Å². The maximum atomic E-state index is 11.9. The summed E-state index contributed by atoms with van der Waals surface area (Å²) in [4.78, 5) is 17.2. The molecule has 2 rings (SSSR count). The Morgan fingerprint density at radius 1 is 1.24 bits per heavy atom. The number of thiophene rings is 2. The fourth-order valence-corrected chi connectivity index (χ4v) is 3.30. The Bertz CT molecular complexity index is 485. The quantitative estimate of drug-likeness (QED) is 0.770. The van der Waals surface area contributed by atoms with Gasteiger partial charge in [-0.1, -0.05) is 6.07 Å². The van der Waals surface area contributed by atoms with Crippen LogP contribution in [0.5, 0.6) is 0 Å². The molecule has 0 aliphatic heterocycles. The average molecular weight is 265 g/mol. The molecule has 2 aromatic rings. The zero-order chi connectivity index (χ0) is 12.3. The van der Waals surface area contributed by atoms with Crippen molar-refractivity contribution in [2.75, 3.05) is 20.6 Å². The highest BCUT2D eigenvalue weighted by Crippen LogP contribution is 2.31. The second kappa shape index (κ2) is 5.58. The number of rotatable bonds is 5. The van der Waals surface area contributed by atoms with Gasteiger partial charge in [-0.05, 0) is 37.7 Å². The molecular formula is C13H15NOS2. The molecule has 4 heteroatoms. The van der Waals surface area contributed by atoms with Crippen LogP contribution >= 0.6 is 22.7 Å². The molecule has 0 bridgehead atoms. The van der Waals surface area contributed by atoms with E-state index in [0.717, 1.165) is 11.4 Å². The molecular weight excluding hydrogens is 250 g/mol. The minimum Gasteiger partial charge on any atom is -0.309 e. The van der Waals surface area contributed by atoms with Gasteiger partial charge in [-0.15, -0.1) is 22.7 Å². The van der Waals surface area contributed by atoms with Crippen LogP contribution in [0, 0.1) is 0 Å². The molecule has 90 valence electrons. The lowest BCUT2D eigenvalue weighted by Gasteiger charge is -2.06. The van der Waals surface area contributed by atoms with Gasteiger partial charge >= 0.3 is 0 Å². The summed E-state index contributed by atoms with van der Waals surface area (Å²) in [5.41, 5.74) is 0. The minimum atomic E-state index is 0.242. The molecule has 0 aromatic carbocycles. The van der Waals surface area contributed by atoms with Gasteiger partial charge < -0.3 is 4.90 Å². The second-order valence-corrected chi connectivity index (χ2v) is 6.15. The van der Waals surface area contributed by atoms with E-state index >= 15 is 0 Å². The molecule has 0 spiro atoms. The van der Waals surface area contributed by atoms with Gasteiger partial charge in [0.25, 0.3) is 0 Å². The van der Waals surface area contributed by atoms with Crippen molar-refractivity contribution in [1.82, 2.24) is 4.90 Å². The Hall–Kier alpha value is -0.970. The van der Waals surface area contributed by atoms with Crippen LogP contribution in [0.3, 0.4) is 0 Å². The largest absolute Gasteiger partial charge is 0.309 e. The molecule has 0 unspecified atom stereocenters. The number of Topliss-reactive ketones (excluding diaryl/α,β-unsaturated/α-hetero) is 1. The van der Waals surface area contributed by atoms with Crippen molar-refractivity contribution < 1.29 is 4.79 Å². The molecule has 0 aliphatic carbocycles. The lowest BCUT2D eigenvalue weighted by Crippen LogP contribution is -2.16. The van der Waals surface area contributed by atoms with Gasteiger partial charge in [0.15, 0.2) is 5.78 Å². The number of nitrogens with zero attached hydrogens (tertiary/aromatic N) is 1. The average Bonchev–Trinajstić information content (AvgIpc) is 2.94. The highest BCUT2D eigenvalue weighted by Gasteiger charge is 2.10. The van der Waals surface area contributed by atoms with Gasteiger partial charge in [0.05, 0.1) is 4.88 Å². The van der Waals surface area contributed by atoms with Gasteiger partial charge in [-0.25, -0.2) is 0 Å². The summed E-state index contributed by atoms with van der Waals surface area (Å²) in [6, 6.07) is 8.11. The van der Waals surface area contributed by atoms with Crippen molar-refractivity contribution in [1.29, 1.82) is 0 Å². The Morgan fingerprint density at radius 3 is 2.71 bits per heavy atom. The normalized spacial score (nSPS) is 11.0. The van der Waals surface area contributed by atoms with Crippen LogP contribution in [0.2, 0.25) is 0 Å². The number of carbonyl (C=O) groups is 1. The van der Waals surface area contributed by atoms with E-state index < -0.39 is 0 Å². The lowest BCUT2D eigenvalue weighted by atomic mass is 10.2. The Kier molecular flexibility index (Phi) is 4.10. The Balaban J connectivity index is 2.05. The van der Waals surface area contributed by atoms with Gasteiger partial charge in [0, 0.05) is 22.7 Å². The van der Waals surface area contributed by atoms with Crippen LogP contribution in [0.15, 0.2) is 29.6 Å². The highest BCUT2D eigenvalue weighted by molar-refractivity contribution is 7.22. The molecule has 0 saturated carbocycles. The van der Waals surface area contributed by atoms with Crippen molar-refractivity contribution in [3.05, 3.63) is 34.5 Å². The van der Waals surface area contributed by atoms with E-state index in [1.54, 1.807) is 22.7 Å². The smallest absolute Gasteiger partial charge is 0.174 e.